The van der Waals surface area contributed by atoms with E-state index in [0.717, 1.165) is 12.1 Å². The van der Waals surface area contributed by atoms with Gasteiger partial charge in [-0.05, 0) is 33.0 Å². The molecule has 0 radical (unpaired) electrons. The first-order valence-corrected chi connectivity index (χ1v) is 4.82. The normalized spacial score (nSPS) is 11.3. The van der Waals surface area contributed by atoms with Gasteiger partial charge in [-0.2, -0.15) is 0 Å². The van der Waals surface area contributed by atoms with Gasteiger partial charge in [0.05, 0.1) is 5.54 Å². The van der Waals surface area contributed by atoms with E-state index < -0.39 is 17.2 Å². The second-order valence-corrected chi connectivity index (χ2v) is 3.96. The predicted octanol–water partition coefficient (Wildman–Crippen LogP) is 1.90. The summed E-state index contributed by atoms with van der Waals surface area (Å²) in [6.07, 6.45) is 0. The second kappa shape index (κ2) is 4.57. The van der Waals surface area contributed by atoms with Gasteiger partial charge in [0.2, 0.25) is 5.91 Å². The van der Waals surface area contributed by atoms with Crippen molar-refractivity contribution in [3.8, 4) is 0 Å². The summed E-state index contributed by atoms with van der Waals surface area (Å²) in [6, 6.07) is 3.22. The maximum absolute atomic E-state index is 12.9. The van der Waals surface area contributed by atoms with E-state index in [-0.39, 0.29) is 11.6 Å². The Kier molecular flexibility index (Phi) is 3.59. The minimum Gasteiger partial charge on any atom is -0.324 e. The van der Waals surface area contributed by atoms with Crippen molar-refractivity contribution in [3.63, 3.8) is 0 Å². The van der Waals surface area contributed by atoms with Gasteiger partial charge in [0.15, 0.2) is 11.6 Å². The minimum atomic E-state index is -0.986. The highest BCUT2D eigenvalue weighted by molar-refractivity contribution is 5.97. The van der Waals surface area contributed by atoms with Crippen LogP contribution in [0.4, 0.5) is 14.5 Å². The van der Waals surface area contributed by atoms with Crippen molar-refractivity contribution in [1.82, 2.24) is 5.32 Å². The maximum Gasteiger partial charge on any atom is 0.244 e. The monoisotopic (exact) mass is 228 g/mol. The van der Waals surface area contributed by atoms with Crippen molar-refractivity contribution < 1.29 is 13.6 Å². The Hall–Kier alpha value is -1.49. The molecule has 0 aliphatic carbocycles. The lowest BCUT2D eigenvalue weighted by Gasteiger charge is -2.22. The molecule has 0 saturated heterocycles. The van der Waals surface area contributed by atoms with Gasteiger partial charge in [0.1, 0.15) is 0 Å². The first-order chi connectivity index (χ1) is 7.36. The summed E-state index contributed by atoms with van der Waals surface area (Å²) >= 11 is 0. The Balaban J connectivity index is 2.82. The second-order valence-electron chi connectivity index (χ2n) is 3.96. The number of hydrogen-bond acceptors (Lipinski definition) is 2. The highest BCUT2D eigenvalue weighted by Gasteiger charge is 2.25. The third-order valence-electron chi connectivity index (χ3n) is 2.37. The van der Waals surface area contributed by atoms with Gasteiger partial charge >= 0.3 is 0 Å². The van der Waals surface area contributed by atoms with Crippen LogP contribution in [0.3, 0.4) is 0 Å². The molecule has 88 valence electrons. The summed E-state index contributed by atoms with van der Waals surface area (Å²) in [6.45, 7) is 3.37. The first kappa shape index (κ1) is 12.6. The van der Waals surface area contributed by atoms with Crippen LogP contribution in [-0.4, -0.2) is 18.5 Å². The highest BCUT2D eigenvalue weighted by Crippen LogP contribution is 2.14. The van der Waals surface area contributed by atoms with Crippen molar-refractivity contribution >= 4 is 11.6 Å². The molecule has 1 amide bonds. The third kappa shape index (κ3) is 2.76. The first-order valence-electron chi connectivity index (χ1n) is 4.82. The van der Waals surface area contributed by atoms with E-state index in [0.29, 0.717) is 0 Å². The lowest BCUT2D eigenvalue weighted by atomic mass is 10.1. The zero-order valence-electron chi connectivity index (χ0n) is 9.40. The number of benzene rings is 1. The smallest absolute Gasteiger partial charge is 0.244 e. The van der Waals surface area contributed by atoms with Gasteiger partial charge in [-0.3, -0.25) is 4.79 Å². The Morgan fingerprint density at radius 3 is 2.38 bits per heavy atom. The zero-order chi connectivity index (χ0) is 12.3. The average molecular weight is 228 g/mol. The number of carbonyl (C=O) groups is 1. The number of likely N-dealkylation sites (N-methyl/N-ethyl adjacent to an activating group) is 1. The molecule has 0 fully saturated rings. The molecule has 1 aromatic carbocycles. The number of hydrogen-bond donors (Lipinski definition) is 2. The molecule has 0 bridgehead atoms. The minimum absolute atomic E-state index is 0.229. The molecule has 0 aliphatic heterocycles. The summed E-state index contributed by atoms with van der Waals surface area (Å²) in [5.74, 6) is -2.24. The quantitative estimate of drug-likeness (QED) is 0.829. The van der Waals surface area contributed by atoms with Crippen LogP contribution < -0.4 is 10.6 Å². The van der Waals surface area contributed by atoms with Crippen molar-refractivity contribution in [2.75, 3.05) is 12.4 Å². The Morgan fingerprint density at radius 2 is 1.88 bits per heavy atom. The van der Waals surface area contributed by atoms with E-state index in [9.17, 15) is 13.6 Å². The molecule has 2 N–H and O–H groups in total. The SMILES string of the molecule is CNC(C)(C)C(=O)Nc1ccc(F)c(F)c1. The number of rotatable bonds is 3. The molecule has 0 aromatic heterocycles. The fraction of sp³-hybridized carbons (Fsp3) is 0.364. The van der Waals surface area contributed by atoms with Crippen LogP contribution in [0.2, 0.25) is 0 Å². The highest BCUT2D eigenvalue weighted by atomic mass is 19.2. The van der Waals surface area contributed by atoms with E-state index in [4.69, 9.17) is 0 Å². The molecule has 0 spiro atoms. The van der Waals surface area contributed by atoms with E-state index in [1.807, 2.05) is 0 Å². The fourth-order valence-corrected chi connectivity index (χ4v) is 0.975. The lowest BCUT2D eigenvalue weighted by molar-refractivity contribution is -0.121. The number of amides is 1. The van der Waals surface area contributed by atoms with Gasteiger partial charge in [-0.25, -0.2) is 8.78 Å². The molecule has 0 heterocycles. The summed E-state index contributed by atoms with van der Waals surface area (Å²) < 4.78 is 25.5. The van der Waals surface area contributed by atoms with Crippen molar-refractivity contribution in [1.29, 1.82) is 0 Å². The van der Waals surface area contributed by atoms with Gasteiger partial charge in [0, 0.05) is 11.8 Å². The molecule has 0 unspecified atom stereocenters. The molecule has 0 atom stereocenters. The largest absolute Gasteiger partial charge is 0.324 e. The zero-order valence-corrected chi connectivity index (χ0v) is 9.40. The Morgan fingerprint density at radius 1 is 1.25 bits per heavy atom. The predicted molar refractivity (Wildman–Crippen MR) is 58.1 cm³/mol. The number of nitrogens with one attached hydrogen (secondary N) is 2. The summed E-state index contributed by atoms with van der Waals surface area (Å²) in [4.78, 5) is 11.7. The summed E-state index contributed by atoms with van der Waals surface area (Å²) in [5.41, 5.74) is -0.544. The topological polar surface area (TPSA) is 41.1 Å². The van der Waals surface area contributed by atoms with Gasteiger partial charge in [-0.1, -0.05) is 0 Å². The molecule has 16 heavy (non-hydrogen) atoms. The number of anilines is 1. The average Bonchev–Trinajstić information content (AvgIpc) is 2.23. The van der Waals surface area contributed by atoms with E-state index in [2.05, 4.69) is 10.6 Å². The van der Waals surface area contributed by atoms with Crippen LogP contribution >= 0.6 is 0 Å². The van der Waals surface area contributed by atoms with Gasteiger partial charge < -0.3 is 10.6 Å². The molecule has 5 heteroatoms. The summed E-state index contributed by atoms with van der Waals surface area (Å²) in [5, 5.41) is 5.30. The Labute approximate surface area is 92.8 Å². The fourth-order valence-electron chi connectivity index (χ4n) is 0.975. The molecular formula is C11H14F2N2O. The van der Waals surface area contributed by atoms with Crippen molar-refractivity contribution in [2.45, 2.75) is 19.4 Å². The number of carbonyl (C=O) groups excluding carboxylic acids is 1. The van der Waals surface area contributed by atoms with E-state index in [1.54, 1.807) is 20.9 Å². The molecule has 3 nitrogen and oxygen atoms in total. The molecule has 1 rings (SSSR count). The van der Waals surface area contributed by atoms with Crippen molar-refractivity contribution in [3.05, 3.63) is 29.8 Å². The van der Waals surface area contributed by atoms with Crippen LogP contribution in [-0.2, 0) is 4.79 Å². The van der Waals surface area contributed by atoms with E-state index >= 15 is 0 Å². The van der Waals surface area contributed by atoms with Gasteiger partial charge in [0.25, 0.3) is 0 Å². The van der Waals surface area contributed by atoms with Crippen molar-refractivity contribution in [2.24, 2.45) is 0 Å². The molecule has 0 aliphatic rings. The van der Waals surface area contributed by atoms with Crippen LogP contribution in [0.25, 0.3) is 0 Å². The Bertz CT molecular complexity index is 405. The van der Waals surface area contributed by atoms with Crippen LogP contribution in [0.1, 0.15) is 13.8 Å². The van der Waals surface area contributed by atoms with Gasteiger partial charge in [-0.15, -0.1) is 0 Å². The standard InChI is InChI=1S/C11H14F2N2O/c1-11(2,14-3)10(16)15-7-4-5-8(12)9(13)6-7/h4-6,14H,1-3H3,(H,15,16). The van der Waals surface area contributed by atoms with Crippen LogP contribution in [0, 0.1) is 11.6 Å². The van der Waals surface area contributed by atoms with Crippen LogP contribution in [0.5, 0.6) is 0 Å². The molecule has 1 aromatic rings. The maximum atomic E-state index is 12.9. The lowest BCUT2D eigenvalue weighted by Crippen LogP contribution is -2.47. The molecular weight excluding hydrogens is 214 g/mol. The third-order valence-corrected chi connectivity index (χ3v) is 2.37. The molecule has 0 saturated carbocycles. The number of halogens is 2. The van der Waals surface area contributed by atoms with E-state index in [1.165, 1.54) is 6.07 Å². The van der Waals surface area contributed by atoms with Crippen LogP contribution in [0.15, 0.2) is 18.2 Å². The summed E-state index contributed by atoms with van der Waals surface area (Å²) in [7, 11) is 1.64.